The molecule has 1 atom stereocenters. The number of carbonyl (C=O) groups is 1. The summed E-state index contributed by atoms with van der Waals surface area (Å²) < 4.78 is 0. The largest absolute Gasteiger partial charge is 0.341 e. The Morgan fingerprint density at radius 2 is 1.92 bits per heavy atom. The maximum atomic E-state index is 12.5. The molecule has 2 heterocycles. The highest BCUT2D eigenvalue weighted by Gasteiger charge is 2.28. The van der Waals surface area contributed by atoms with Crippen LogP contribution in [0.3, 0.4) is 0 Å². The van der Waals surface area contributed by atoms with Crippen molar-refractivity contribution in [3.63, 3.8) is 0 Å². The van der Waals surface area contributed by atoms with Gasteiger partial charge in [0.25, 0.3) is 0 Å². The number of nitrogens with zero attached hydrogens (tertiary/aromatic N) is 2. The first-order chi connectivity index (χ1) is 11.7. The summed E-state index contributed by atoms with van der Waals surface area (Å²) in [7, 11) is 2.00. The van der Waals surface area contributed by atoms with Crippen molar-refractivity contribution >= 4 is 18.3 Å². The minimum absolute atomic E-state index is 0. The van der Waals surface area contributed by atoms with Crippen LogP contribution in [0.4, 0.5) is 0 Å². The molecule has 0 radical (unpaired) electrons. The van der Waals surface area contributed by atoms with Crippen molar-refractivity contribution in [3.05, 3.63) is 35.9 Å². The summed E-state index contributed by atoms with van der Waals surface area (Å²) in [6.45, 7) is 5.32. The molecule has 25 heavy (non-hydrogen) atoms. The van der Waals surface area contributed by atoms with Gasteiger partial charge in [-0.1, -0.05) is 30.3 Å². The summed E-state index contributed by atoms with van der Waals surface area (Å²) in [6.07, 6.45) is 5.33. The molecule has 1 aromatic carbocycles. The van der Waals surface area contributed by atoms with Gasteiger partial charge in [-0.2, -0.15) is 0 Å². The van der Waals surface area contributed by atoms with Crippen LogP contribution in [0.5, 0.6) is 0 Å². The van der Waals surface area contributed by atoms with Crippen LogP contribution in [-0.2, 0) is 11.3 Å². The van der Waals surface area contributed by atoms with Crippen molar-refractivity contribution in [2.75, 3.05) is 33.2 Å². The van der Waals surface area contributed by atoms with Gasteiger partial charge in [0.05, 0.1) is 0 Å². The van der Waals surface area contributed by atoms with E-state index in [1.54, 1.807) is 0 Å². The fourth-order valence-corrected chi connectivity index (χ4v) is 3.99. The maximum absolute atomic E-state index is 12.5. The number of amides is 1. The SMILES string of the molecule is CN(C(=O)CCC1CCNCC1)C1CCN(Cc2ccccc2)C1.Cl. The Morgan fingerprint density at radius 3 is 2.64 bits per heavy atom. The van der Waals surface area contributed by atoms with E-state index < -0.39 is 0 Å². The summed E-state index contributed by atoms with van der Waals surface area (Å²) in [4.78, 5) is 17.0. The van der Waals surface area contributed by atoms with Crippen molar-refractivity contribution in [1.82, 2.24) is 15.1 Å². The van der Waals surface area contributed by atoms with E-state index in [4.69, 9.17) is 0 Å². The van der Waals surface area contributed by atoms with Gasteiger partial charge in [0.15, 0.2) is 0 Å². The highest BCUT2D eigenvalue weighted by molar-refractivity contribution is 5.85. The predicted octanol–water partition coefficient (Wildman–Crippen LogP) is 2.92. The number of piperidine rings is 1. The van der Waals surface area contributed by atoms with Gasteiger partial charge in [0.1, 0.15) is 0 Å². The number of rotatable bonds is 6. The third-order valence-electron chi connectivity index (χ3n) is 5.66. The smallest absolute Gasteiger partial charge is 0.222 e. The molecule has 5 heteroatoms. The van der Waals surface area contributed by atoms with E-state index in [0.29, 0.717) is 11.9 Å². The van der Waals surface area contributed by atoms with Gasteiger partial charge in [-0.05, 0) is 50.3 Å². The number of likely N-dealkylation sites (tertiary alicyclic amines) is 1. The van der Waals surface area contributed by atoms with Crippen LogP contribution in [0.1, 0.15) is 37.7 Å². The molecule has 2 fully saturated rings. The first kappa shape index (κ1) is 20.2. The Labute approximate surface area is 158 Å². The van der Waals surface area contributed by atoms with Gasteiger partial charge < -0.3 is 10.2 Å². The lowest BCUT2D eigenvalue weighted by atomic mass is 9.93. The zero-order chi connectivity index (χ0) is 16.8. The molecule has 0 saturated carbocycles. The van der Waals surface area contributed by atoms with Crippen LogP contribution >= 0.6 is 12.4 Å². The number of hydrogen-bond donors (Lipinski definition) is 1. The van der Waals surface area contributed by atoms with Crippen LogP contribution in [0.2, 0.25) is 0 Å². The molecule has 1 aromatic rings. The van der Waals surface area contributed by atoms with Crippen LogP contribution < -0.4 is 5.32 Å². The summed E-state index contributed by atoms with van der Waals surface area (Å²) >= 11 is 0. The molecule has 2 aliphatic heterocycles. The molecule has 2 saturated heterocycles. The number of nitrogens with one attached hydrogen (secondary N) is 1. The molecular weight excluding hydrogens is 334 g/mol. The third-order valence-corrected chi connectivity index (χ3v) is 5.66. The molecule has 1 amide bonds. The Bertz CT molecular complexity index is 519. The molecule has 0 bridgehead atoms. The van der Waals surface area contributed by atoms with Gasteiger partial charge >= 0.3 is 0 Å². The maximum Gasteiger partial charge on any atom is 0.222 e. The van der Waals surface area contributed by atoms with Crippen LogP contribution in [0, 0.1) is 5.92 Å². The molecule has 2 aliphatic rings. The lowest BCUT2D eigenvalue weighted by molar-refractivity contribution is -0.132. The molecule has 140 valence electrons. The highest BCUT2D eigenvalue weighted by atomic mass is 35.5. The average Bonchev–Trinajstić information content (AvgIpc) is 3.09. The van der Waals surface area contributed by atoms with Gasteiger partial charge in [-0.3, -0.25) is 9.69 Å². The highest BCUT2D eigenvalue weighted by Crippen LogP contribution is 2.21. The van der Waals surface area contributed by atoms with E-state index >= 15 is 0 Å². The summed E-state index contributed by atoms with van der Waals surface area (Å²) in [6, 6.07) is 11.0. The minimum atomic E-state index is 0. The van der Waals surface area contributed by atoms with Gasteiger partial charge in [0.2, 0.25) is 5.91 Å². The topological polar surface area (TPSA) is 35.6 Å². The summed E-state index contributed by atoms with van der Waals surface area (Å²) in [5.74, 6) is 1.07. The number of likely N-dealkylation sites (N-methyl/N-ethyl adjacent to an activating group) is 1. The monoisotopic (exact) mass is 365 g/mol. The van der Waals surface area contributed by atoms with Crippen molar-refractivity contribution in [2.24, 2.45) is 5.92 Å². The second-order valence-corrected chi connectivity index (χ2v) is 7.40. The van der Waals surface area contributed by atoms with E-state index in [0.717, 1.165) is 57.9 Å². The average molecular weight is 366 g/mol. The predicted molar refractivity (Wildman–Crippen MR) is 105 cm³/mol. The van der Waals surface area contributed by atoms with E-state index in [2.05, 4.69) is 40.5 Å². The van der Waals surface area contributed by atoms with Crippen LogP contribution in [0.25, 0.3) is 0 Å². The molecule has 4 nitrogen and oxygen atoms in total. The van der Waals surface area contributed by atoms with E-state index in [9.17, 15) is 4.79 Å². The number of carbonyl (C=O) groups excluding carboxylic acids is 1. The van der Waals surface area contributed by atoms with Crippen LogP contribution in [-0.4, -0.2) is 55.0 Å². The van der Waals surface area contributed by atoms with E-state index in [1.807, 2.05) is 11.9 Å². The lowest BCUT2D eigenvalue weighted by Gasteiger charge is -2.27. The molecule has 0 spiro atoms. The second kappa shape index (κ2) is 10.1. The summed E-state index contributed by atoms with van der Waals surface area (Å²) in [5, 5.41) is 3.39. The second-order valence-electron chi connectivity index (χ2n) is 7.40. The lowest BCUT2D eigenvalue weighted by Crippen LogP contribution is -2.39. The fourth-order valence-electron chi connectivity index (χ4n) is 3.99. The number of benzene rings is 1. The first-order valence-electron chi connectivity index (χ1n) is 9.45. The zero-order valence-electron chi connectivity index (χ0n) is 15.3. The Balaban J connectivity index is 0.00000225. The van der Waals surface area contributed by atoms with Crippen molar-refractivity contribution < 1.29 is 4.79 Å². The normalized spacial score (nSPS) is 21.7. The van der Waals surface area contributed by atoms with E-state index in [1.165, 1.54) is 18.4 Å². The minimum Gasteiger partial charge on any atom is -0.341 e. The Morgan fingerprint density at radius 1 is 1.20 bits per heavy atom. The zero-order valence-corrected chi connectivity index (χ0v) is 16.1. The Kier molecular flexibility index (Phi) is 8.20. The van der Waals surface area contributed by atoms with Gasteiger partial charge in [0, 0.05) is 39.1 Å². The molecule has 0 aliphatic carbocycles. The number of halogens is 1. The molecule has 1 N–H and O–H groups in total. The Hall–Kier alpha value is -1.10. The van der Waals surface area contributed by atoms with Crippen molar-refractivity contribution in [3.8, 4) is 0 Å². The van der Waals surface area contributed by atoms with Gasteiger partial charge in [-0.15, -0.1) is 12.4 Å². The third kappa shape index (κ3) is 5.98. The van der Waals surface area contributed by atoms with Crippen molar-refractivity contribution in [1.29, 1.82) is 0 Å². The van der Waals surface area contributed by atoms with Gasteiger partial charge in [-0.25, -0.2) is 0 Å². The molecule has 3 rings (SSSR count). The van der Waals surface area contributed by atoms with Crippen LogP contribution in [0.15, 0.2) is 30.3 Å². The van der Waals surface area contributed by atoms with E-state index in [-0.39, 0.29) is 12.4 Å². The molecule has 0 aromatic heterocycles. The first-order valence-corrected chi connectivity index (χ1v) is 9.45. The molecule has 1 unspecified atom stereocenters. The molecular formula is C20H32ClN3O. The number of hydrogen-bond acceptors (Lipinski definition) is 3. The quantitative estimate of drug-likeness (QED) is 0.841. The standard InChI is InChI=1S/C20H31N3O.ClH/c1-22(20(24)8-7-17-9-12-21-13-10-17)19-11-14-23(16-19)15-18-5-3-2-4-6-18;/h2-6,17,19,21H,7-16H2,1H3;1H. The summed E-state index contributed by atoms with van der Waals surface area (Å²) in [5.41, 5.74) is 1.36. The van der Waals surface area contributed by atoms with Crippen molar-refractivity contribution in [2.45, 2.75) is 44.7 Å². The fraction of sp³-hybridized carbons (Fsp3) is 0.650.